The molecule has 2 aromatic rings. The summed E-state index contributed by atoms with van der Waals surface area (Å²) in [6.07, 6.45) is 3.68. The van der Waals surface area contributed by atoms with Crippen molar-refractivity contribution in [3.05, 3.63) is 29.0 Å². The lowest BCUT2D eigenvalue weighted by molar-refractivity contribution is 0.0989. The lowest BCUT2D eigenvalue weighted by atomic mass is 10.2. The van der Waals surface area contributed by atoms with Crippen molar-refractivity contribution in [3.8, 4) is 0 Å². The molecule has 0 bridgehead atoms. The van der Waals surface area contributed by atoms with E-state index in [-0.39, 0.29) is 0 Å². The highest BCUT2D eigenvalue weighted by Crippen LogP contribution is 2.28. The summed E-state index contributed by atoms with van der Waals surface area (Å²) in [6.45, 7) is 11.0. The zero-order valence-corrected chi connectivity index (χ0v) is 21.2. The molecule has 0 amide bonds. The van der Waals surface area contributed by atoms with Gasteiger partial charge < -0.3 is 40.4 Å². The Hall–Kier alpha value is -2.34. The first-order valence-electron chi connectivity index (χ1n) is 11.7. The second-order valence-electron chi connectivity index (χ2n) is 8.49. The van der Waals surface area contributed by atoms with Crippen molar-refractivity contribution in [2.24, 2.45) is 0 Å². The van der Waals surface area contributed by atoms with Gasteiger partial charge in [0, 0.05) is 49.4 Å². The fourth-order valence-corrected chi connectivity index (χ4v) is 4.61. The number of rotatable bonds is 3. The van der Waals surface area contributed by atoms with E-state index in [1.807, 2.05) is 18.3 Å². The van der Waals surface area contributed by atoms with E-state index in [1.165, 1.54) is 0 Å². The molecular weight excluding hydrogens is 502 g/mol. The summed E-state index contributed by atoms with van der Waals surface area (Å²) in [6, 6.07) is 4.26. The number of nitrogens with two attached hydrogens (primary N) is 2. The number of pyridine rings is 2. The minimum Gasteiger partial charge on any atom is -0.396 e. The minimum atomic E-state index is 0.360. The van der Waals surface area contributed by atoms with Crippen LogP contribution in [-0.4, -0.2) is 88.4 Å². The molecule has 3 aliphatic heterocycles. The molecular formula is C23H34BrN7O3. The third-order valence-corrected chi connectivity index (χ3v) is 6.50. The molecule has 0 aromatic carbocycles. The zero-order chi connectivity index (χ0) is 23.9. The molecule has 34 heavy (non-hydrogen) atoms. The normalized spacial score (nSPS) is 21.1. The van der Waals surface area contributed by atoms with E-state index in [4.69, 9.17) is 25.7 Å². The second-order valence-corrected chi connectivity index (χ2v) is 9.40. The summed E-state index contributed by atoms with van der Waals surface area (Å²) in [5.74, 6) is 1.73. The fourth-order valence-electron chi connectivity index (χ4n) is 4.26. The van der Waals surface area contributed by atoms with Crippen molar-refractivity contribution >= 4 is 44.6 Å². The van der Waals surface area contributed by atoms with Gasteiger partial charge in [0.2, 0.25) is 0 Å². The molecule has 0 aliphatic carbocycles. The van der Waals surface area contributed by atoms with Crippen molar-refractivity contribution in [1.82, 2.24) is 9.97 Å². The van der Waals surface area contributed by atoms with Gasteiger partial charge in [0.25, 0.3) is 0 Å². The summed E-state index contributed by atoms with van der Waals surface area (Å²) in [5.41, 5.74) is 14.6. The van der Waals surface area contributed by atoms with Gasteiger partial charge >= 0.3 is 0 Å². The third kappa shape index (κ3) is 6.21. The van der Waals surface area contributed by atoms with Gasteiger partial charge in [0.1, 0.15) is 0 Å². The van der Waals surface area contributed by atoms with Crippen LogP contribution < -0.4 is 26.2 Å². The van der Waals surface area contributed by atoms with E-state index < -0.39 is 0 Å². The summed E-state index contributed by atoms with van der Waals surface area (Å²) in [4.78, 5) is 15.5. The molecule has 5 heterocycles. The Labute approximate surface area is 209 Å². The van der Waals surface area contributed by atoms with Gasteiger partial charge in [-0.05, 0) is 35.0 Å². The van der Waals surface area contributed by atoms with Crippen LogP contribution >= 0.6 is 15.9 Å². The zero-order valence-electron chi connectivity index (χ0n) is 19.7. The highest BCUT2D eigenvalue weighted by Gasteiger charge is 2.21. The molecule has 1 unspecified atom stereocenters. The number of hydrogen-bond acceptors (Lipinski definition) is 10. The maximum Gasteiger partial charge on any atom is 0.152 e. The lowest BCUT2D eigenvalue weighted by Gasteiger charge is -2.35. The Bertz CT molecular complexity index is 939. The molecule has 1 atom stereocenters. The Balaban J connectivity index is 0.000000172. The van der Waals surface area contributed by atoms with E-state index in [9.17, 15) is 0 Å². The fraction of sp³-hybridized carbons (Fsp3) is 0.565. The van der Waals surface area contributed by atoms with Gasteiger partial charge in [-0.2, -0.15) is 0 Å². The number of hydrogen-bond donors (Lipinski definition) is 2. The standard InChI is InChI=1S/C14H22N4O2.C9H12BrN3O/c1-11-10-20-7-4-18(11)12-8-13(15)14(16-9-12)17-2-5-19-6-3-17;10-7-5-8(11)9(12-6-7)13-1-3-14-4-2-13/h8-9,11H,2-7,10,15H2,1H3;5-6H,1-4,11H2. The van der Waals surface area contributed by atoms with E-state index in [0.717, 1.165) is 99.8 Å². The van der Waals surface area contributed by atoms with Crippen molar-refractivity contribution in [3.63, 3.8) is 0 Å². The summed E-state index contributed by atoms with van der Waals surface area (Å²) in [7, 11) is 0. The molecule has 4 N–H and O–H groups in total. The van der Waals surface area contributed by atoms with E-state index in [1.54, 1.807) is 6.20 Å². The smallest absolute Gasteiger partial charge is 0.152 e. The van der Waals surface area contributed by atoms with E-state index in [2.05, 4.69) is 47.5 Å². The molecule has 2 aromatic heterocycles. The van der Waals surface area contributed by atoms with Crippen LogP contribution in [0.25, 0.3) is 0 Å². The van der Waals surface area contributed by atoms with Crippen LogP contribution in [0, 0.1) is 0 Å². The Morgan fingerprint density at radius 2 is 1.32 bits per heavy atom. The summed E-state index contributed by atoms with van der Waals surface area (Å²) in [5, 5.41) is 0. The molecule has 0 saturated carbocycles. The Kier molecular flexibility index (Phi) is 8.65. The van der Waals surface area contributed by atoms with Crippen molar-refractivity contribution in [1.29, 1.82) is 0 Å². The molecule has 11 heteroatoms. The molecule has 5 rings (SSSR count). The number of anilines is 5. The van der Waals surface area contributed by atoms with Crippen molar-refractivity contribution in [2.75, 3.05) is 98.5 Å². The molecule has 0 spiro atoms. The van der Waals surface area contributed by atoms with Gasteiger partial charge in [0.05, 0.1) is 62.9 Å². The minimum absolute atomic E-state index is 0.360. The Morgan fingerprint density at radius 3 is 1.85 bits per heavy atom. The van der Waals surface area contributed by atoms with Gasteiger partial charge in [-0.1, -0.05) is 0 Å². The largest absolute Gasteiger partial charge is 0.396 e. The predicted octanol–water partition coefficient (Wildman–Crippen LogP) is 1.99. The highest BCUT2D eigenvalue weighted by atomic mass is 79.9. The van der Waals surface area contributed by atoms with Crippen LogP contribution in [0.4, 0.5) is 28.7 Å². The number of aromatic nitrogens is 2. The van der Waals surface area contributed by atoms with Crippen molar-refractivity contribution < 1.29 is 14.2 Å². The number of halogens is 1. The number of ether oxygens (including phenoxy) is 3. The van der Waals surface area contributed by atoms with E-state index in [0.29, 0.717) is 11.7 Å². The predicted molar refractivity (Wildman–Crippen MR) is 139 cm³/mol. The second kappa shape index (κ2) is 11.9. The van der Waals surface area contributed by atoms with Crippen LogP contribution in [0.5, 0.6) is 0 Å². The first-order chi connectivity index (χ1) is 16.5. The van der Waals surface area contributed by atoms with Crippen LogP contribution in [0.3, 0.4) is 0 Å². The first-order valence-corrected chi connectivity index (χ1v) is 12.5. The van der Waals surface area contributed by atoms with Gasteiger partial charge in [-0.25, -0.2) is 9.97 Å². The maximum atomic E-state index is 6.20. The van der Waals surface area contributed by atoms with E-state index >= 15 is 0 Å². The van der Waals surface area contributed by atoms with Crippen LogP contribution in [-0.2, 0) is 14.2 Å². The maximum absolute atomic E-state index is 6.20. The van der Waals surface area contributed by atoms with Crippen LogP contribution in [0.1, 0.15) is 6.92 Å². The SMILES string of the molecule is CC1COCCN1c1cnc(N2CCOCC2)c(N)c1.Nc1cc(Br)cnc1N1CCOCC1. The number of nitrogen functional groups attached to an aromatic ring is 2. The molecule has 3 aliphatic rings. The van der Waals surface area contributed by atoms with Gasteiger partial charge in [-0.3, -0.25) is 0 Å². The number of morpholine rings is 3. The average molecular weight is 536 g/mol. The monoisotopic (exact) mass is 535 g/mol. The summed E-state index contributed by atoms with van der Waals surface area (Å²) < 4.78 is 17.0. The van der Waals surface area contributed by atoms with Crippen molar-refractivity contribution in [2.45, 2.75) is 13.0 Å². The summed E-state index contributed by atoms with van der Waals surface area (Å²) >= 11 is 3.33. The van der Waals surface area contributed by atoms with Crippen LogP contribution in [0.2, 0.25) is 0 Å². The lowest BCUT2D eigenvalue weighted by Crippen LogP contribution is -2.44. The van der Waals surface area contributed by atoms with Gasteiger partial charge in [0.15, 0.2) is 11.6 Å². The first kappa shape index (κ1) is 24.8. The molecule has 3 saturated heterocycles. The van der Waals surface area contributed by atoms with Gasteiger partial charge in [-0.15, -0.1) is 0 Å². The topological polar surface area (TPSA) is 115 Å². The molecule has 186 valence electrons. The molecule has 0 radical (unpaired) electrons. The third-order valence-electron chi connectivity index (χ3n) is 6.06. The highest BCUT2D eigenvalue weighted by molar-refractivity contribution is 9.10. The molecule has 10 nitrogen and oxygen atoms in total. The number of nitrogens with zero attached hydrogens (tertiary/aromatic N) is 5. The average Bonchev–Trinajstić information content (AvgIpc) is 2.86. The quantitative estimate of drug-likeness (QED) is 0.604. The molecule has 3 fully saturated rings. The van der Waals surface area contributed by atoms with Crippen LogP contribution in [0.15, 0.2) is 29.0 Å². The Morgan fingerprint density at radius 1 is 0.794 bits per heavy atom.